The first-order valence-electron chi connectivity index (χ1n) is 6.90. The molecule has 0 spiro atoms. The van der Waals surface area contributed by atoms with E-state index < -0.39 is 0 Å². The molecule has 1 aliphatic heterocycles. The van der Waals surface area contributed by atoms with E-state index in [9.17, 15) is 4.79 Å². The second kappa shape index (κ2) is 7.26. The summed E-state index contributed by atoms with van der Waals surface area (Å²) in [6.07, 6.45) is 1.56. The zero-order valence-corrected chi connectivity index (χ0v) is 11.5. The van der Waals surface area contributed by atoms with Gasteiger partial charge in [0.15, 0.2) is 5.78 Å². The van der Waals surface area contributed by atoms with Crippen LogP contribution in [0.5, 0.6) is 5.75 Å². The minimum atomic E-state index is 0.220. The standard InChI is InChI=1S/C15H22N2O2/c1-19-14-6-4-13(5-7-14)15(18)3-2-10-17-11-8-16-9-12-17/h4-7,16H,2-3,8-12H2,1H3. The second-order valence-electron chi connectivity index (χ2n) is 4.85. The van der Waals surface area contributed by atoms with Crippen molar-refractivity contribution in [1.82, 2.24) is 10.2 Å². The number of carbonyl (C=O) groups excluding carboxylic acids is 1. The monoisotopic (exact) mass is 262 g/mol. The smallest absolute Gasteiger partial charge is 0.162 e. The Kier molecular flexibility index (Phi) is 5.36. The van der Waals surface area contributed by atoms with Gasteiger partial charge in [-0.25, -0.2) is 0 Å². The van der Waals surface area contributed by atoms with Gasteiger partial charge in [-0.05, 0) is 37.2 Å². The van der Waals surface area contributed by atoms with Crippen LogP contribution in [0.3, 0.4) is 0 Å². The minimum Gasteiger partial charge on any atom is -0.497 e. The highest BCUT2D eigenvalue weighted by atomic mass is 16.5. The number of nitrogens with zero attached hydrogens (tertiary/aromatic N) is 1. The maximum absolute atomic E-state index is 12.0. The number of rotatable bonds is 6. The summed E-state index contributed by atoms with van der Waals surface area (Å²) in [6, 6.07) is 7.35. The maximum atomic E-state index is 12.0. The predicted molar refractivity (Wildman–Crippen MR) is 75.9 cm³/mol. The van der Waals surface area contributed by atoms with Gasteiger partial charge in [-0.15, -0.1) is 0 Å². The van der Waals surface area contributed by atoms with E-state index in [0.29, 0.717) is 6.42 Å². The lowest BCUT2D eigenvalue weighted by Crippen LogP contribution is -2.43. The van der Waals surface area contributed by atoms with E-state index in [0.717, 1.165) is 50.5 Å². The van der Waals surface area contributed by atoms with Crippen LogP contribution >= 0.6 is 0 Å². The highest BCUT2D eigenvalue weighted by Crippen LogP contribution is 2.13. The van der Waals surface area contributed by atoms with Gasteiger partial charge in [-0.1, -0.05) is 0 Å². The van der Waals surface area contributed by atoms with Crippen molar-refractivity contribution in [2.45, 2.75) is 12.8 Å². The third kappa shape index (κ3) is 4.33. The Morgan fingerprint density at radius 3 is 2.58 bits per heavy atom. The quantitative estimate of drug-likeness (QED) is 0.790. The lowest BCUT2D eigenvalue weighted by Gasteiger charge is -2.26. The van der Waals surface area contributed by atoms with Crippen molar-refractivity contribution >= 4 is 5.78 Å². The Balaban J connectivity index is 1.73. The van der Waals surface area contributed by atoms with Crippen LogP contribution in [0.25, 0.3) is 0 Å². The summed E-state index contributed by atoms with van der Waals surface area (Å²) >= 11 is 0. The van der Waals surface area contributed by atoms with E-state index in [1.807, 2.05) is 24.3 Å². The zero-order valence-electron chi connectivity index (χ0n) is 11.5. The molecule has 1 heterocycles. The van der Waals surface area contributed by atoms with Crippen molar-refractivity contribution < 1.29 is 9.53 Å². The average molecular weight is 262 g/mol. The van der Waals surface area contributed by atoms with Crippen LogP contribution in [0.1, 0.15) is 23.2 Å². The number of hydrogen-bond acceptors (Lipinski definition) is 4. The molecule has 0 unspecified atom stereocenters. The molecule has 1 saturated heterocycles. The number of carbonyl (C=O) groups is 1. The topological polar surface area (TPSA) is 41.6 Å². The molecule has 0 aliphatic carbocycles. The lowest BCUT2D eigenvalue weighted by molar-refractivity contribution is 0.0973. The van der Waals surface area contributed by atoms with Gasteiger partial charge in [0.25, 0.3) is 0 Å². The SMILES string of the molecule is COc1ccc(C(=O)CCCN2CCNCC2)cc1. The fourth-order valence-electron chi connectivity index (χ4n) is 2.32. The summed E-state index contributed by atoms with van der Waals surface area (Å²) in [6.45, 7) is 5.33. The highest BCUT2D eigenvalue weighted by molar-refractivity contribution is 5.96. The number of benzene rings is 1. The number of nitrogens with one attached hydrogen (secondary N) is 1. The van der Waals surface area contributed by atoms with Gasteiger partial charge in [-0.3, -0.25) is 4.79 Å². The molecular formula is C15H22N2O2. The molecule has 4 heteroatoms. The molecule has 0 aromatic heterocycles. The first-order valence-corrected chi connectivity index (χ1v) is 6.90. The second-order valence-corrected chi connectivity index (χ2v) is 4.85. The molecule has 0 radical (unpaired) electrons. The summed E-state index contributed by atoms with van der Waals surface area (Å²) in [5, 5.41) is 3.33. The molecule has 0 saturated carbocycles. The van der Waals surface area contributed by atoms with Crippen LogP contribution < -0.4 is 10.1 Å². The van der Waals surface area contributed by atoms with Crippen molar-refractivity contribution in [3.05, 3.63) is 29.8 Å². The summed E-state index contributed by atoms with van der Waals surface area (Å²) in [5.74, 6) is 1.01. The van der Waals surface area contributed by atoms with Crippen molar-refractivity contribution in [2.75, 3.05) is 39.8 Å². The predicted octanol–water partition coefficient (Wildman–Crippen LogP) is 1.56. The first-order chi connectivity index (χ1) is 9.29. The third-order valence-corrected chi connectivity index (χ3v) is 3.50. The number of methoxy groups -OCH3 is 1. The molecule has 0 atom stereocenters. The molecule has 1 aromatic carbocycles. The van der Waals surface area contributed by atoms with E-state index >= 15 is 0 Å². The molecule has 1 aliphatic rings. The van der Waals surface area contributed by atoms with E-state index in [1.165, 1.54) is 0 Å². The van der Waals surface area contributed by atoms with E-state index in [2.05, 4.69) is 10.2 Å². The molecule has 1 fully saturated rings. The zero-order chi connectivity index (χ0) is 13.5. The molecule has 19 heavy (non-hydrogen) atoms. The Bertz CT molecular complexity index is 397. The van der Waals surface area contributed by atoms with Gasteiger partial charge in [0, 0.05) is 38.2 Å². The molecule has 1 aromatic rings. The van der Waals surface area contributed by atoms with Crippen molar-refractivity contribution in [3.8, 4) is 5.75 Å². The van der Waals surface area contributed by atoms with Gasteiger partial charge < -0.3 is 15.0 Å². The Labute approximate surface area is 114 Å². The van der Waals surface area contributed by atoms with Gasteiger partial charge in [0.1, 0.15) is 5.75 Å². The molecule has 2 rings (SSSR count). The average Bonchev–Trinajstić information content (AvgIpc) is 2.48. The van der Waals surface area contributed by atoms with Gasteiger partial charge >= 0.3 is 0 Å². The van der Waals surface area contributed by atoms with E-state index in [4.69, 9.17) is 4.74 Å². The fourth-order valence-corrected chi connectivity index (χ4v) is 2.32. The Hall–Kier alpha value is -1.39. The highest BCUT2D eigenvalue weighted by Gasteiger charge is 2.10. The number of ketones is 1. The molecule has 104 valence electrons. The Morgan fingerprint density at radius 2 is 1.95 bits per heavy atom. The molecule has 0 amide bonds. The number of piperazine rings is 1. The summed E-state index contributed by atoms with van der Waals surface area (Å²) < 4.78 is 5.09. The van der Waals surface area contributed by atoms with Gasteiger partial charge in [0.2, 0.25) is 0 Å². The fraction of sp³-hybridized carbons (Fsp3) is 0.533. The van der Waals surface area contributed by atoms with Gasteiger partial charge in [-0.2, -0.15) is 0 Å². The first kappa shape index (κ1) is 14.0. The van der Waals surface area contributed by atoms with E-state index in [1.54, 1.807) is 7.11 Å². The number of ether oxygens (including phenoxy) is 1. The summed E-state index contributed by atoms with van der Waals surface area (Å²) in [5.41, 5.74) is 0.779. The van der Waals surface area contributed by atoms with Crippen LogP contribution in [0.2, 0.25) is 0 Å². The summed E-state index contributed by atoms with van der Waals surface area (Å²) in [7, 11) is 1.63. The largest absolute Gasteiger partial charge is 0.497 e. The molecular weight excluding hydrogens is 240 g/mol. The van der Waals surface area contributed by atoms with Crippen LogP contribution in [0, 0.1) is 0 Å². The molecule has 4 nitrogen and oxygen atoms in total. The summed E-state index contributed by atoms with van der Waals surface area (Å²) in [4.78, 5) is 14.4. The number of Topliss-reactive ketones (excluding diaryl/α,β-unsaturated/α-hetero) is 1. The third-order valence-electron chi connectivity index (χ3n) is 3.50. The van der Waals surface area contributed by atoms with Crippen LogP contribution in [0.4, 0.5) is 0 Å². The molecule has 0 bridgehead atoms. The minimum absolute atomic E-state index is 0.220. The van der Waals surface area contributed by atoms with Crippen molar-refractivity contribution in [1.29, 1.82) is 0 Å². The Morgan fingerprint density at radius 1 is 1.26 bits per heavy atom. The maximum Gasteiger partial charge on any atom is 0.162 e. The molecule has 1 N–H and O–H groups in total. The number of hydrogen-bond donors (Lipinski definition) is 1. The van der Waals surface area contributed by atoms with Crippen molar-refractivity contribution in [3.63, 3.8) is 0 Å². The van der Waals surface area contributed by atoms with Crippen LogP contribution in [0.15, 0.2) is 24.3 Å². The lowest BCUT2D eigenvalue weighted by atomic mass is 10.1. The normalized spacial score (nSPS) is 16.3. The van der Waals surface area contributed by atoms with E-state index in [-0.39, 0.29) is 5.78 Å². The van der Waals surface area contributed by atoms with Crippen LogP contribution in [-0.2, 0) is 0 Å². The van der Waals surface area contributed by atoms with Crippen LogP contribution in [-0.4, -0.2) is 50.5 Å². The van der Waals surface area contributed by atoms with Crippen molar-refractivity contribution in [2.24, 2.45) is 0 Å². The van der Waals surface area contributed by atoms with Gasteiger partial charge in [0.05, 0.1) is 7.11 Å².